The molecule has 0 aromatic heterocycles. The normalized spacial score (nSPS) is 23.8. The molecule has 19 heavy (non-hydrogen) atoms. The Morgan fingerprint density at radius 3 is 2.58 bits per heavy atom. The molecule has 0 radical (unpaired) electrons. The third-order valence-electron chi connectivity index (χ3n) is 3.97. The number of nitrogens with one attached hydrogen (secondary N) is 1. The first-order valence-corrected chi connectivity index (χ1v) is 7.30. The van der Waals surface area contributed by atoms with Crippen molar-refractivity contribution in [2.45, 2.75) is 52.7 Å². The van der Waals surface area contributed by atoms with Crippen molar-refractivity contribution in [3.63, 3.8) is 0 Å². The van der Waals surface area contributed by atoms with E-state index in [1.165, 1.54) is 16.7 Å². The van der Waals surface area contributed by atoms with Crippen LogP contribution in [0.25, 0.3) is 0 Å². The van der Waals surface area contributed by atoms with Crippen LogP contribution >= 0.6 is 0 Å². The fourth-order valence-corrected chi connectivity index (χ4v) is 2.59. The molecule has 1 fully saturated rings. The molecule has 2 heteroatoms. The Balaban J connectivity index is 2.07. The van der Waals surface area contributed by atoms with Gasteiger partial charge in [0.05, 0.1) is 6.10 Å². The van der Waals surface area contributed by atoms with E-state index in [-0.39, 0.29) is 11.6 Å². The molecule has 0 spiro atoms. The highest BCUT2D eigenvalue weighted by atomic mass is 16.5. The molecule has 106 valence electrons. The third kappa shape index (κ3) is 3.80. The number of hydrogen-bond acceptors (Lipinski definition) is 2. The Morgan fingerprint density at radius 1 is 1.21 bits per heavy atom. The first-order valence-electron chi connectivity index (χ1n) is 7.30. The van der Waals surface area contributed by atoms with E-state index in [2.05, 4.69) is 58.1 Å². The largest absolute Gasteiger partial charge is 0.373 e. The lowest BCUT2D eigenvalue weighted by atomic mass is 9.92. The molecular weight excluding hydrogens is 234 g/mol. The summed E-state index contributed by atoms with van der Waals surface area (Å²) in [6.07, 6.45) is 1.41. The third-order valence-corrected chi connectivity index (χ3v) is 3.97. The Hall–Kier alpha value is -0.860. The molecule has 0 saturated carbocycles. The monoisotopic (exact) mass is 261 g/mol. The second-order valence-corrected chi connectivity index (χ2v) is 6.81. The van der Waals surface area contributed by atoms with Crippen LogP contribution < -0.4 is 5.32 Å². The topological polar surface area (TPSA) is 21.3 Å². The number of benzene rings is 1. The summed E-state index contributed by atoms with van der Waals surface area (Å²) in [6.45, 7) is 12.9. The Labute approximate surface area is 117 Å². The molecule has 1 N–H and O–H groups in total. The van der Waals surface area contributed by atoms with E-state index in [1.54, 1.807) is 0 Å². The van der Waals surface area contributed by atoms with Crippen LogP contribution in [0, 0.1) is 19.8 Å². The van der Waals surface area contributed by atoms with E-state index >= 15 is 0 Å². The van der Waals surface area contributed by atoms with Crippen molar-refractivity contribution in [3.8, 4) is 0 Å². The molecule has 0 bridgehead atoms. The van der Waals surface area contributed by atoms with Gasteiger partial charge in [-0.2, -0.15) is 0 Å². The molecule has 2 nitrogen and oxygen atoms in total. The van der Waals surface area contributed by atoms with Gasteiger partial charge in [0.25, 0.3) is 0 Å². The molecule has 1 aliphatic heterocycles. The van der Waals surface area contributed by atoms with E-state index < -0.39 is 0 Å². The van der Waals surface area contributed by atoms with Crippen molar-refractivity contribution >= 4 is 0 Å². The maximum Gasteiger partial charge on any atom is 0.0866 e. The van der Waals surface area contributed by atoms with Crippen LogP contribution in [0.4, 0.5) is 0 Å². The van der Waals surface area contributed by atoms with Crippen LogP contribution in [-0.2, 0) is 4.74 Å². The highest BCUT2D eigenvalue weighted by molar-refractivity contribution is 5.31. The van der Waals surface area contributed by atoms with Crippen LogP contribution in [0.15, 0.2) is 18.2 Å². The average Bonchev–Trinajstić information content (AvgIpc) is 2.77. The van der Waals surface area contributed by atoms with Gasteiger partial charge in [0.15, 0.2) is 0 Å². The number of rotatable bonds is 3. The van der Waals surface area contributed by atoms with Gasteiger partial charge < -0.3 is 10.1 Å². The van der Waals surface area contributed by atoms with E-state index in [0.29, 0.717) is 5.92 Å². The lowest BCUT2D eigenvalue weighted by Crippen LogP contribution is -2.39. The summed E-state index contributed by atoms with van der Waals surface area (Å²) in [5.41, 5.74) is 4.22. The lowest BCUT2D eigenvalue weighted by Gasteiger charge is -2.26. The summed E-state index contributed by atoms with van der Waals surface area (Å²) >= 11 is 0. The van der Waals surface area contributed by atoms with E-state index in [4.69, 9.17) is 4.74 Å². The summed E-state index contributed by atoms with van der Waals surface area (Å²) in [6, 6.07) is 6.72. The molecule has 1 saturated heterocycles. The smallest absolute Gasteiger partial charge is 0.0866 e. The van der Waals surface area contributed by atoms with Gasteiger partial charge in [0.2, 0.25) is 0 Å². The summed E-state index contributed by atoms with van der Waals surface area (Å²) in [7, 11) is 0. The molecule has 0 amide bonds. The molecule has 1 heterocycles. The van der Waals surface area contributed by atoms with Crippen LogP contribution in [-0.4, -0.2) is 18.7 Å². The van der Waals surface area contributed by atoms with E-state index in [9.17, 15) is 0 Å². The van der Waals surface area contributed by atoms with Gasteiger partial charge in [-0.05, 0) is 57.7 Å². The minimum absolute atomic E-state index is 0.177. The van der Waals surface area contributed by atoms with Crippen LogP contribution in [0.1, 0.15) is 50.0 Å². The van der Waals surface area contributed by atoms with Gasteiger partial charge in [-0.3, -0.25) is 0 Å². The van der Waals surface area contributed by atoms with Gasteiger partial charge in [0, 0.05) is 24.6 Å². The van der Waals surface area contributed by atoms with Gasteiger partial charge in [0.1, 0.15) is 0 Å². The SMILES string of the molecule is Cc1ccc(C2OCCC2CNC(C)(C)C)cc1C. The fraction of sp³-hybridized carbons (Fsp3) is 0.647. The van der Waals surface area contributed by atoms with Gasteiger partial charge >= 0.3 is 0 Å². The Bertz CT molecular complexity index is 433. The van der Waals surface area contributed by atoms with Crippen molar-refractivity contribution in [2.24, 2.45) is 5.92 Å². The summed E-state index contributed by atoms with van der Waals surface area (Å²) in [5.74, 6) is 0.585. The molecule has 1 aromatic carbocycles. The zero-order chi connectivity index (χ0) is 14.0. The standard InChI is InChI=1S/C17H27NO/c1-12-6-7-14(10-13(12)2)16-15(8-9-19-16)11-18-17(3,4)5/h6-7,10,15-16,18H,8-9,11H2,1-5H3. The summed E-state index contributed by atoms with van der Waals surface area (Å²) in [4.78, 5) is 0. The average molecular weight is 261 g/mol. The summed E-state index contributed by atoms with van der Waals surface area (Å²) in [5, 5.41) is 3.61. The zero-order valence-electron chi connectivity index (χ0n) is 12.9. The first-order chi connectivity index (χ1) is 8.87. The highest BCUT2D eigenvalue weighted by Gasteiger charge is 2.30. The summed E-state index contributed by atoms with van der Waals surface area (Å²) < 4.78 is 5.97. The predicted molar refractivity (Wildman–Crippen MR) is 80.5 cm³/mol. The number of aryl methyl sites for hydroxylation is 2. The highest BCUT2D eigenvalue weighted by Crippen LogP contribution is 2.35. The number of hydrogen-bond donors (Lipinski definition) is 1. The van der Waals surface area contributed by atoms with Crippen LogP contribution in [0.5, 0.6) is 0 Å². The predicted octanol–water partition coefficient (Wildman–Crippen LogP) is 3.77. The molecule has 2 atom stereocenters. The van der Waals surface area contributed by atoms with E-state index in [0.717, 1.165) is 19.6 Å². The minimum Gasteiger partial charge on any atom is -0.373 e. The zero-order valence-corrected chi connectivity index (χ0v) is 12.9. The molecule has 1 aromatic rings. The Kier molecular flexibility index (Phi) is 4.32. The molecule has 1 aliphatic rings. The quantitative estimate of drug-likeness (QED) is 0.894. The second-order valence-electron chi connectivity index (χ2n) is 6.81. The van der Waals surface area contributed by atoms with Crippen LogP contribution in [0.3, 0.4) is 0 Å². The van der Waals surface area contributed by atoms with Crippen molar-refractivity contribution in [1.82, 2.24) is 5.32 Å². The number of ether oxygens (including phenoxy) is 1. The maximum atomic E-state index is 5.97. The van der Waals surface area contributed by atoms with Crippen molar-refractivity contribution < 1.29 is 4.74 Å². The Morgan fingerprint density at radius 2 is 1.95 bits per heavy atom. The molecule has 2 rings (SSSR count). The molecule has 0 aliphatic carbocycles. The van der Waals surface area contributed by atoms with Crippen molar-refractivity contribution in [3.05, 3.63) is 34.9 Å². The van der Waals surface area contributed by atoms with Crippen LogP contribution in [0.2, 0.25) is 0 Å². The van der Waals surface area contributed by atoms with Gasteiger partial charge in [-0.15, -0.1) is 0 Å². The lowest BCUT2D eigenvalue weighted by molar-refractivity contribution is 0.0889. The maximum absolute atomic E-state index is 5.97. The van der Waals surface area contributed by atoms with Crippen molar-refractivity contribution in [2.75, 3.05) is 13.2 Å². The van der Waals surface area contributed by atoms with Crippen molar-refractivity contribution in [1.29, 1.82) is 0 Å². The van der Waals surface area contributed by atoms with E-state index in [1.807, 2.05) is 0 Å². The second kappa shape index (κ2) is 5.64. The molecular formula is C17H27NO. The first kappa shape index (κ1) is 14.5. The van der Waals surface area contributed by atoms with Gasteiger partial charge in [-0.1, -0.05) is 18.2 Å². The van der Waals surface area contributed by atoms with Gasteiger partial charge in [-0.25, -0.2) is 0 Å². The fourth-order valence-electron chi connectivity index (χ4n) is 2.59. The molecule has 2 unspecified atom stereocenters. The minimum atomic E-state index is 0.177.